The maximum absolute atomic E-state index is 10.9. The third kappa shape index (κ3) is 15.3. The fraction of sp³-hybridized carbons (Fsp3) is 0.929. The molecular weight excluding hydrogens is 246 g/mol. The fourth-order valence-electron chi connectivity index (χ4n) is 1.32. The van der Waals surface area contributed by atoms with Crippen molar-refractivity contribution >= 4 is 5.91 Å². The molecule has 0 aromatic rings. The van der Waals surface area contributed by atoms with Crippen LogP contribution in [0.15, 0.2) is 0 Å². The number of carbonyl (C=O) groups excluding carboxylic acids is 1. The van der Waals surface area contributed by atoms with Gasteiger partial charge >= 0.3 is 0 Å². The molecule has 0 aliphatic carbocycles. The van der Waals surface area contributed by atoms with Crippen LogP contribution in [0.25, 0.3) is 0 Å². The molecule has 1 amide bonds. The summed E-state index contributed by atoms with van der Waals surface area (Å²) in [6.45, 7) is 8.61. The van der Waals surface area contributed by atoms with Gasteiger partial charge in [0.05, 0.1) is 26.4 Å². The molecule has 0 aliphatic rings. The van der Waals surface area contributed by atoms with Crippen LogP contribution in [0, 0.1) is 0 Å². The molecule has 0 spiro atoms. The summed E-state index contributed by atoms with van der Waals surface area (Å²) in [7, 11) is 0. The molecule has 0 aromatic heterocycles. The van der Waals surface area contributed by atoms with Crippen molar-refractivity contribution in [1.82, 2.24) is 5.32 Å². The molecule has 0 saturated carbocycles. The Labute approximate surface area is 118 Å². The molecule has 0 aliphatic heterocycles. The maximum Gasteiger partial charge on any atom is 0.219 e. The molecular formula is C14H31NO4. The number of amides is 1. The van der Waals surface area contributed by atoms with Crippen molar-refractivity contribution in [2.45, 2.75) is 39.5 Å². The minimum Gasteiger partial charge on any atom is -0.379 e. The van der Waals surface area contributed by atoms with Crippen LogP contribution in [-0.4, -0.2) is 52.1 Å². The van der Waals surface area contributed by atoms with Crippen LogP contribution in [0.2, 0.25) is 0 Å². The lowest BCUT2D eigenvalue weighted by molar-refractivity contribution is -0.120. The molecule has 1 N–H and O–H groups in total. The van der Waals surface area contributed by atoms with Gasteiger partial charge in [0.25, 0.3) is 0 Å². The van der Waals surface area contributed by atoms with Crippen molar-refractivity contribution in [3.8, 4) is 0 Å². The average molecular weight is 277 g/mol. The number of hydrogen-bond donors (Lipinski definition) is 1. The van der Waals surface area contributed by atoms with Crippen molar-refractivity contribution in [2.24, 2.45) is 0 Å². The zero-order valence-electron chi connectivity index (χ0n) is 12.4. The third-order valence-electron chi connectivity index (χ3n) is 2.49. The van der Waals surface area contributed by atoms with Crippen molar-refractivity contribution in [1.29, 1.82) is 0 Å². The quantitative estimate of drug-likeness (QED) is 0.493. The van der Waals surface area contributed by atoms with E-state index in [1.54, 1.807) is 0 Å². The molecule has 19 heavy (non-hydrogen) atoms. The van der Waals surface area contributed by atoms with Gasteiger partial charge in [0.15, 0.2) is 0 Å². The van der Waals surface area contributed by atoms with E-state index in [1.807, 2.05) is 6.92 Å². The molecule has 5 nitrogen and oxygen atoms in total. The van der Waals surface area contributed by atoms with Crippen LogP contribution < -0.4 is 5.32 Å². The van der Waals surface area contributed by atoms with E-state index >= 15 is 0 Å². The Balaban J connectivity index is 0. The van der Waals surface area contributed by atoms with Crippen LogP contribution in [0.5, 0.6) is 0 Å². The minimum absolute atomic E-state index is 0. The normalized spacial score (nSPS) is 10.6. The Kier molecular flexibility index (Phi) is 14.9. The molecule has 0 saturated heterocycles. The van der Waals surface area contributed by atoms with Gasteiger partial charge in [0, 0.05) is 27.6 Å². The summed E-state index contributed by atoms with van der Waals surface area (Å²) in [6.07, 6.45) is 3.64. The van der Waals surface area contributed by atoms with E-state index in [4.69, 9.17) is 14.2 Å². The first kappa shape index (κ1) is 18.4. The van der Waals surface area contributed by atoms with Gasteiger partial charge in [-0.05, 0) is 12.8 Å². The molecule has 0 aromatic carbocycles. The Morgan fingerprint density at radius 2 is 1.42 bits per heavy atom. The first-order chi connectivity index (χ1) is 9.31. The van der Waals surface area contributed by atoms with E-state index in [0.717, 1.165) is 25.9 Å². The molecule has 116 valence electrons. The fourth-order valence-corrected chi connectivity index (χ4v) is 1.32. The minimum atomic E-state index is 0. The number of ether oxygens (including phenoxy) is 3. The number of nitrogens with one attached hydrogen (secondary N) is 1. The van der Waals surface area contributed by atoms with E-state index < -0.39 is 0 Å². The highest BCUT2D eigenvalue weighted by Crippen LogP contribution is 1.88. The van der Waals surface area contributed by atoms with E-state index in [-0.39, 0.29) is 7.33 Å². The summed E-state index contributed by atoms with van der Waals surface area (Å²) in [5, 5.41) is 2.80. The van der Waals surface area contributed by atoms with Crippen molar-refractivity contribution < 1.29 is 20.4 Å². The van der Waals surface area contributed by atoms with Crippen LogP contribution in [0.3, 0.4) is 0 Å². The van der Waals surface area contributed by atoms with Crippen molar-refractivity contribution in [3.05, 3.63) is 0 Å². The third-order valence-corrected chi connectivity index (χ3v) is 2.49. The van der Waals surface area contributed by atoms with Crippen molar-refractivity contribution in [2.75, 3.05) is 46.2 Å². The highest BCUT2D eigenvalue weighted by atomic mass is 16.5. The Bertz CT molecular complexity index is 206. The molecule has 0 radical (unpaired) electrons. The van der Waals surface area contributed by atoms with Gasteiger partial charge in [-0.25, -0.2) is 0 Å². The second-order valence-electron chi connectivity index (χ2n) is 4.25. The van der Waals surface area contributed by atoms with Crippen molar-refractivity contribution in [3.63, 3.8) is 0 Å². The molecule has 0 bridgehead atoms. The van der Waals surface area contributed by atoms with E-state index in [2.05, 4.69) is 12.2 Å². The number of carbonyl (C=O) groups is 1. The number of unbranched alkanes of at least 4 members (excludes halogenated alkanes) is 1. The summed E-state index contributed by atoms with van der Waals surface area (Å²) in [5.74, 6) is 0.0893. The number of hydrogen-bond acceptors (Lipinski definition) is 4. The molecule has 5 heteroatoms. The number of rotatable bonds is 14. The largest absolute Gasteiger partial charge is 0.379 e. The first-order valence-corrected chi connectivity index (χ1v) is 7.31. The summed E-state index contributed by atoms with van der Waals surface area (Å²) in [5.41, 5.74) is 0. The summed E-state index contributed by atoms with van der Waals surface area (Å²) in [4.78, 5) is 10.9. The summed E-state index contributed by atoms with van der Waals surface area (Å²) in [6, 6.07) is 0. The van der Waals surface area contributed by atoms with Gasteiger partial charge < -0.3 is 19.5 Å². The SMILES string of the molecule is CCCCOCCOCCOCCCNC(=O)CC.[HH]. The second-order valence-corrected chi connectivity index (χ2v) is 4.25. The van der Waals surface area contributed by atoms with Gasteiger partial charge in [0.2, 0.25) is 5.91 Å². The highest BCUT2D eigenvalue weighted by Gasteiger charge is 1.95. The predicted molar refractivity (Wildman–Crippen MR) is 77.4 cm³/mol. The smallest absolute Gasteiger partial charge is 0.219 e. The Morgan fingerprint density at radius 1 is 0.895 bits per heavy atom. The summed E-state index contributed by atoms with van der Waals surface area (Å²) >= 11 is 0. The molecule has 0 fully saturated rings. The van der Waals surface area contributed by atoms with Gasteiger partial charge in [-0.2, -0.15) is 0 Å². The van der Waals surface area contributed by atoms with Gasteiger partial charge in [-0.1, -0.05) is 20.3 Å². The highest BCUT2D eigenvalue weighted by molar-refractivity contribution is 5.75. The average Bonchev–Trinajstić information content (AvgIpc) is 2.43. The van der Waals surface area contributed by atoms with Gasteiger partial charge in [-0.3, -0.25) is 4.79 Å². The second kappa shape index (κ2) is 15.4. The van der Waals surface area contributed by atoms with Crippen LogP contribution in [-0.2, 0) is 19.0 Å². The predicted octanol–water partition coefficient (Wildman–Crippen LogP) is 2.00. The van der Waals surface area contributed by atoms with E-state index in [0.29, 0.717) is 46.0 Å². The lowest BCUT2D eigenvalue weighted by Gasteiger charge is -2.07. The Hall–Kier alpha value is -0.650. The molecule has 0 unspecified atom stereocenters. The molecule has 0 heterocycles. The molecule has 0 rings (SSSR count). The lowest BCUT2D eigenvalue weighted by Crippen LogP contribution is -2.24. The zero-order chi connectivity index (χ0) is 14.2. The zero-order valence-corrected chi connectivity index (χ0v) is 12.4. The first-order valence-electron chi connectivity index (χ1n) is 7.31. The standard InChI is InChI=1S/C14H29NO4.H2/c1-3-5-8-17-10-12-19-13-11-18-9-6-7-15-14(16)4-2;/h3-13H2,1-2H3,(H,15,16);1H. The van der Waals surface area contributed by atoms with Crippen LogP contribution in [0.4, 0.5) is 0 Å². The Morgan fingerprint density at radius 3 is 1.95 bits per heavy atom. The molecule has 0 atom stereocenters. The van der Waals surface area contributed by atoms with Gasteiger partial charge in [-0.15, -0.1) is 0 Å². The van der Waals surface area contributed by atoms with Crippen LogP contribution >= 0.6 is 0 Å². The van der Waals surface area contributed by atoms with Gasteiger partial charge in [0.1, 0.15) is 0 Å². The monoisotopic (exact) mass is 277 g/mol. The van der Waals surface area contributed by atoms with E-state index in [9.17, 15) is 4.79 Å². The maximum atomic E-state index is 10.9. The lowest BCUT2D eigenvalue weighted by atomic mass is 10.4. The van der Waals surface area contributed by atoms with E-state index in [1.165, 1.54) is 0 Å². The topological polar surface area (TPSA) is 56.8 Å². The van der Waals surface area contributed by atoms with Crippen LogP contribution in [0.1, 0.15) is 41.0 Å². The summed E-state index contributed by atoms with van der Waals surface area (Å²) < 4.78 is 16.1.